The Morgan fingerprint density at radius 1 is 1.11 bits per heavy atom. The van der Waals surface area contributed by atoms with E-state index >= 15 is 0 Å². The number of fused-ring (bicyclic) bond motifs is 2. The molecule has 3 atom stereocenters. The molecule has 0 amide bonds. The first-order valence-electron chi connectivity index (χ1n) is 9.67. The lowest BCUT2D eigenvalue weighted by atomic mass is 9.95. The van der Waals surface area contributed by atoms with Crippen LogP contribution in [0.4, 0.5) is 0 Å². The van der Waals surface area contributed by atoms with Gasteiger partial charge in [0, 0.05) is 32.2 Å². The van der Waals surface area contributed by atoms with E-state index < -0.39 is 10.0 Å². The summed E-state index contributed by atoms with van der Waals surface area (Å²) in [7, 11) is -1.91. The number of methoxy groups -OCH3 is 1. The van der Waals surface area contributed by atoms with Crippen LogP contribution in [0.15, 0.2) is 29.2 Å². The van der Waals surface area contributed by atoms with E-state index in [-0.39, 0.29) is 0 Å². The first-order chi connectivity index (χ1) is 13.0. The summed E-state index contributed by atoms with van der Waals surface area (Å²) in [6, 6.07) is 7.07. The van der Waals surface area contributed by atoms with Gasteiger partial charge < -0.3 is 15.0 Å². The Balaban J connectivity index is 1.33. The molecule has 2 bridgehead atoms. The van der Waals surface area contributed by atoms with Crippen molar-refractivity contribution in [2.24, 2.45) is 11.8 Å². The van der Waals surface area contributed by atoms with Crippen LogP contribution in [-0.2, 0) is 10.0 Å². The molecule has 0 radical (unpaired) electrons. The largest absolute Gasteiger partial charge is 0.497 e. The molecule has 2 saturated carbocycles. The Hall–Kier alpha value is -1.38. The molecule has 0 aromatic heterocycles. The van der Waals surface area contributed by atoms with Gasteiger partial charge in [-0.15, -0.1) is 0 Å². The van der Waals surface area contributed by atoms with E-state index in [1.165, 1.54) is 25.7 Å². The highest BCUT2D eigenvalue weighted by Gasteiger charge is 2.40. The molecule has 2 aliphatic carbocycles. The Morgan fingerprint density at radius 3 is 2.37 bits per heavy atom. The van der Waals surface area contributed by atoms with Gasteiger partial charge in [0.05, 0.1) is 12.0 Å². The van der Waals surface area contributed by atoms with Crippen LogP contribution in [0.25, 0.3) is 0 Å². The monoisotopic (exact) mass is 409 g/mol. The number of rotatable bonds is 4. The Morgan fingerprint density at radius 2 is 1.81 bits per heavy atom. The van der Waals surface area contributed by atoms with Crippen LogP contribution in [0, 0.1) is 11.8 Å². The van der Waals surface area contributed by atoms with Crippen molar-refractivity contribution in [1.29, 1.82) is 0 Å². The van der Waals surface area contributed by atoms with Crippen molar-refractivity contribution in [3.8, 4) is 5.75 Å². The summed E-state index contributed by atoms with van der Waals surface area (Å²) in [6.45, 7) is 2.16. The van der Waals surface area contributed by atoms with Crippen LogP contribution in [0.5, 0.6) is 5.75 Å². The Bertz CT molecular complexity index is 789. The molecule has 1 N–H and O–H groups in total. The smallest absolute Gasteiger partial charge is 0.243 e. The molecule has 1 aromatic rings. The Labute approximate surface area is 166 Å². The minimum absolute atomic E-state index is 0.305. The summed E-state index contributed by atoms with van der Waals surface area (Å²) < 4.78 is 32.3. The zero-order valence-corrected chi connectivity index (χ0v) is 17.3. The predicted octanol–water partition coefficient (Wildman–Crippen LogP) is 2.06. The molecule has 8 heteroatoms. The van der Waals surface area contributed by atoms with Crippen LogP contribution >= 0.6 is 12.2 Å². The topological polar surface area (TPSA) is 61.9 Å². The van der Waals surface area contributed by atoms with E-state index in [4.69, 9.17) is 17.0 Å². The maximum Gasteiger partial charge on any atom is 0.243 e. The average molecular weight is 410 g/mol. The average Bonchev–Trinajstić information content (AvgIpc) is 3.31. The van der Waals surface area contributed by atoms with Crippen molar-refractivity contribution in [3.05, 3.63) is 24.3 Å². The quantitative estimate of drug-likeness (QED) is 0.768. The summed E-state index contributed by atoms with van der Waals surface area (Å²) in [4.78, 5) is 2.42. The summed E-state index contributed by atoms with van der Waals surface area (Å²) >= 11 is 5.61. The second-order valence-corrected chi connectivity index (χ2v) is 10.1. The highest BCUT2D eigenvalue weighted by Crippen LogP contribution is 2.44. The minimum atomic E-state index is -3.48. The second kappa shape index (κ2) is 7.56. The highest BCUT2D eigenvalue weighted by molar-refractivity contribution is 7.89. The molecule has 3 fully saturated rings. The second-order valence-electron chi connectivity index (χ2n) is 7.80. The minimum Gasteiger partial charge on any atom is -0.497 e. The van der Waals surface area contributed by atoms with Crippen molar-refractivity contribution >= 4 is 27.4 Å². The lowest BCUT2D eigenvalue weighted by Gasteiger charge is -2.37. The summed E-state index contributed by atoms with van der Waals surface area (Å²) in [5.74, 6) is 2.29. The van der Waals surface area contributed by atoms with Gasteiger partial charge in [-0.1, -0.05) is 6.42 Å². The lowest BCUT2D eigenvalue weighted by Crippen LogP contribution is -2.54. The van der Waals surface area contributed by atoms with Gasteiger partial charge in [-0.05, 0) is 67.6 Å². The maximum absolute atomic E-state index is 12.8. The number of sulfonamides is 1. The van der Waals surface area contributed by atoms with Gasteiger partial charge in [-0.3, -0.25) is 0 Å². The summed E-state index contributed by atoms with van der Waals surface area (Å²) in [5, 5.41) is 4.34. The molecule has 27 heavy (non-hydrogen) atoms. The zero-order chi connectivity index (χ0) is 19.0. The van der Waals surface area contributed by atoms with E-state index in [1.54, 1.807) is 35.7 Å². The van der Waals surface area contributed by atoms with E-state index in [2.05, 4.69) is 10.2 Å². The van der Waals surface area contributed by atoms with Crippen LogP contribution in [-0.4, -0.2) is 62.1 Å². The van der Waals surface area contributed by atoms with E-state index in [1.807, 2.05) is 0 Å². The molecule has 4 rings (SSSR count). The fourth-order valence-corrected chi connectivity index (χ4v) is 6.46. The van der Waals surface area contributed by atoms with Crippen LogP contribution in [0.3, 0.4) is 0 Å². The number of hydrogen-bond acceptors (Lipinski definition) is 4. The van der Waals surface area contributed by atoms with Gasteiger partial charge in [0.1, 0.15) is 5.75 Å². The van der Waals surface area contributed by atoms with Gasteiger partial charge in [0.2, 0.25) is 10.0 Å². The van der Waals surface area contributed by atoms with Crippen LogP contribution in [0.2, 0.25) is 0 Å². The van der Waals surface area contributed by atoms with Crippen LogP contribution < -0.4 is 10.1 Å². The molecule has 3 aliphatic rings. The van der Waals surface area contributed by atoms with Gasteiger partial charge in [0.25, 0.3) is 0 Å². The molecule has 1 aliphatic heterocycles. The fraction of sp³-hybridized carbons (Fsp3) is 0.632. The zero-order valence-electron chi connectivity index (χ0n) is 15.6. The van der Waals surface area contributed by atoms with Gasteiger partial charge in [-0.2, -0.15) is 4.31 Å². The summed E-state index contributed by atoms with van der Waals surface area (Å²) in [6.07, 6.45) is 5.26. The van der Waals surface area contributed by atoms with Gasteiger partial charge >= 0.3 is 0 Å². The SMILES string of the molecule is COc1ccc(S(=O)(=O)N2CCN(C(=S)NC3CC4CCC3C4)CC2)cc1. The van der Waals surface area contributed by atoms with Crippen molar-refractivity contribution < 1.29 is 13.2 Å². The van der Waals surface area contributed by atoms with Crippen LogP contribution in [0.1, 0.15) is 25.7 Å². The van der Waals surface area contributed by atoms with E-state index in [0.717, 1.165) is 16.9 Å². The molecule has 1 heterocycles. The van der Waals surface area contributed by atoms with Crippen molar-refractivity contribution in [3.63, 3.8) is 0 Å². The molecule has 3 unspecified atom stereocenters. The number of thiocarbonyl (C=S) groups is 1. The number of nitrogens with one attached hydrogen (secondary N) is 1. The van der Waals surface area contributed by atoms with E-state index in [9.17, 15) is 8.42 Å². The summed E-state index contributed by atoms with van der Waals surface area (Å²) in [5.41, 5.74) is 0. The first kappa shape index (κ1) is 19.0. The highest BCUT2D eigenvalue weighted by atomic mass is 32.2. The number of benzene rings is 1. The number of nitrogens with zero attached hydrogens (tertiary/aromatic N) is 2. The predicted molar refractivity (Wildman–Crippen MR) is 108 cm³/mol. The third kappa shape index (κ3) is 3.79. The third-order valence-corrected chi connectivity index (χ3v) is 8.56. The maximum atomic E-state index is 12.8. The van der Waals surface area contributed by atoms with Crippen molar-refractivity contribution in [2.75, 3.05) is 33.3 Å². The molecule has 148 valence electrons. The molecule has 0 spiro atoms. The van der Waals surface area contributed by atoms with Gasteiger partial charge in [0.15, 0.2) is 5.11 Å². The van der Waals surface area contributed by atoms with Gasteiger partial charge in [-0.25, -0.2) is 8.42 Å². The number of hydrogen-bond donors (Lipinski definition) is 1. The molecular formula is C19H27N3O3S2. The molecule has 6 nitrogen and oxygen atoms in total. The standard InChI is InChI=1S/C19H27N3O3S2/c1-25-16-4-6-17(7-5-16)27(23,24)22-10-8-21(9-11-22)19(26)20-18-13-14-2-3-15(18)12-14/h4-7,14-15,18H,2-3,8-13H2,1H3,(H,20,26). The molecule has 1 saturated heterocycles. The molecular weight excluding hydrogens is 382 g/mol. The third-order valence-electron chi connectivity index (χ3n) is 6.27. The van der Waals surface area contributed by atoms with E-state index in [0.29, 0.717) is 42.9 Å². The fourth-order valence-electron chi connectivity index (χ4n) is 4.70. The van der Waals surface area contributed by atoms with Crippen molar-refractivity contribution in [2.45, 2.75) is 36.6 Å². The molecule has 1 aromatic carbocycles. The number of piperazine rings is 1. The number of ether oxygens (including phenoxy) is 1. The normalized spacial score (nSPS) is 28.3. The first-order valence-corrected chi connectivity index (χ1v) is 11.5. The van der Waals surface area contributed by atoms with Crippen molar-refractivity contribution in [1.82, 2.24) is 14.5 Å². The lowest BCUT2D eigenvalue weighted by molar-refractivity contribution is 0.258. The Kier molecular flexibility index (Phi) is 5.31.